The molecule has 1 fully saturated rings. The second kappa shape index (κ2) is 11.1. The molecule has 30 heavy (non-hydrogen) atoms. The minimum Gasteiger partial charge on any atom is -0.340 e. The van der Waals surface area contributed by atoms with Crippen LogP contribution >= 0.6 is 12.4 Å². The van der Waals surface area contributed by atoms with E-state index in [1.165, 1.54) is 11.1 Å². The lowest BCUT2D eigenvalue weighted by Crippen LogP contribution is -2.49. The molecule has 0 bridgehead atoms. The van der Waals surface area contributed by atoms with Gasteiger partial charge in [-0.2, -0.15) is 0 Å². The molecule has 0 radical (unpaired) electrons. The normalized spacial score (nSPS) is 15.2. The van der Waals surface area contributed by atoms with Gasteiger partial charge in [0.2, 0.25) is 5.91 Å². The van der Waals surface area contributed by atoms with E-state index in [1.807, 2.05) is 41.8 Å². The van der Waals surface area contributed by atoms with Gasteiger partial charge in [-0.05, 0) is 37.1 Å². The van der Waals surface area contributed by atoms with Crippen LogP contribution in [0.1, 0.15) is 48.3 Å². The Hall–Kier alpha value is -2.37. The van der Waals surface area contributed by atoms with Gasteiger partial charge in [-0.15, -0.1) is 12.4 Å². The molecule has 3 rings (SSSR count). The molecule has 0 spiro atoms. The Morgan fingerprint density at radius 3 is 1.90 bits per heavy atom. The number of hydrogen-bond donors (Lipinski definition) is 0. The van der Waals surface area contributed by atoms with Crippen LogP contribution in [0.4, 0.5) is 0 Å². The summed E-state index contributed by atoms with van der Waals surface area (Å²) in [6.07, 6.45) is 0. The largest absolute Gasteiger partial charge is 0.340 e. The second-order valence-electron chi connectivity index (χ2n) is 7.45. The van der Waals surface area contributed by atoms with E-state index < -0.39 is 0 Å². The number of halogens is 1. The van der Waals surface area contributed by atoms with Gasteiger partial charge >= 0.3 is 0 Å². The summed E-state index contributed by atoms with van der Waals surface area (Å²) >= 11 is 0. The maximum atomic E-state index is 12.6. The lowest BCUT2D eigenvalue weighted by atomic mass is 9.95. The highest BCUT2D eigenvalue weighted by Crippen LogP contribution is 2.30. The number of carbonyl (C=O) groups excluding carboxylic acids is 2. The SMILES string of the molecule is CCN(CC)C(=O)c1ccc(C(c2ccccc2)N2CCN(C(C)=O)CC2)cc1.Cl. The van der Waals surface area contributed by atoms with Gasteiger partial charge in [-0.1, -0.05) is 42.5 Å². The van der Waals surface area contributed by atoms with Crippen molar-refractivity contribution in [3.8, 4) is 0 Å². The summed E-state index contributed by atoms with van der Waals surface area (Å²) < 4.78 is 0. The van der Waals surface area contributed by atoms with E-state index in [0.717, 1.165) is 31.7 Å². The molecule has 1 aliphatic rings. The molecule has 162 valence electrons. The summed E-state index contributed by atoms with van der Waals surface area (Å²) in [6.45, 7) is 10.2. The van der Waals surface area contributed by atoms with Gasteiger partial charge in [0.05, 0.1) is 6.04 Å². The molecule has 2 aromatic carbocycles. The fourth-order valence-corrected chi connectivity index (χ4v) is 4.05. The molecule has 1 saturated heterocycles. The third-order valence-corrected chi connectivity index (χ3v) is 5.76. The topological polar surface area (TPSA) is 43.9 Å². The summed E-state index contributed by atoms with van der Waals surface area (Å²) in [5.74, 6) is 0.216. The van der Waals surface area contributed by atoms with Crippen molar-refractivity contribution in [2.75, 3.05) is 39.3 Å². The minimum absolute atomic E-state index is 0. The molecule has 0 aliphatic carbocycles. The quantitative estimate of drug-likeness (QED) is 0.700. The summed E-state index contributed by atoms with van der Waals surface area (Å²) in [7, 11) is 0. The van der Waals surface area contributed by atoms with Crippen molar-refractivity contribution in [1.29, 1.82) is 0 Å². The Balaban J connectivity index is 0.00000320. The maximum Gasteiger partial charge on any atom is 0.253 e. The van der Waals surface area contributed by atoms with Gasteiger partial charge in [0, 0.05) is 51.8 Å². The van der Waals surface area contributed by atoms with Crippen molar-refractivity contribution >= 4 is 24.2 Å². The van der Waals surface area contributed by atoms with Gasteiger partial charge in [-0.3, -0.25) is 14.5 Å². The fraction of sp³-hybridized carbons (Fsp3) is 0.417. The molecule has 1 aliphatic heterocycles. The predicted octanol–water partition coefficient (Wildman–Crippen LogP) is 3.84. The van der Waals surface area contributed by atoms with Crippen molar-refractivity contribution < 1.29 is 9.59 Å². The Bertz CT molecular complexity index is 814. The van der Waals surface area contributed by atoms with Gasteiger partial charge in [-0.25, -0.2) is 0 Å². The van der Waals surface area contributed by atoms with Crippen LogP contribution in [0.2, 0.25) is 0 Å². The van der Waals surface area contributed by atoms with Crippen molar-refractivity contribution in [3.05, 3.63) is 71.3 Å². The Morgan fingerprint density at radius 2 is 1.40 bits per heavy atom. The lowest BCUT2D eigenvalue weighted by Gasteiger charge is -2.39. The van der Waals surface area contributed by atoms with Crippen LogP contribution in [0.25, 0.3) is 0 Å². The van der Waals surface area contributed by atoms with E-state index in [2.05, 4.69) is 41.3 Å². The maximum absolute atomic E-state index is 12.6. The van der Waals surface area contributed by atoms with Gasteiger partial charge in [0.1, 0.15) is 0 Å². The summed E-state index contributed by atoms with van der Waals surface area (Å²) in [5, 5.41) is 0. The molecule has 2 amide bonds. The first-order valence-corrected chi connectivity index (χ1v) is 10.5. The van der Waals surface area contributed by atoms with Crippen molar-refractivity contribution in [1.82, 2.24) is 14.7 Å². The van der Waals surface area contributed by atoms with E-state index in [9.17, 15) is 9.59 Å². The molecule has 1 atom stereocenters. The zero-order chi connectivity index (χ0) is 20.8. The van der Waals surface area contributed by atoms with Crippen molar-refractivity contribution in [2.45, 2.75) is 26.8 Å². The molecular weight excluding hydrogens is 398 g/mol. The van der Waals surface area contributed by atoms with Crippen LogP contribution in [-0.2, 0) is 4.79 Å². The highest BCUT2D eigenvalue weighted by molar-refractivity contribution is 5.94. The van der Waals surface area contributed by atoms with Crippen LogP contribution in [0, 0.1) is 0 Å². The van der Waals surface area contributed by atoms with E-state index in [0.29, 0.717) is 13.1 Å². The van der Waals surface area contributed by atoms with Gasteiger partial charge in [0.25, 0.3) is 5.91 Å². The standard InChI is InChI=1S/C24H31N3O2.ClH/c1-4-25(5-2)24(29)22-13-11-21(12-14-22)23(20-9-7-6-8-10-20)27-17-15-26(16-18-27)19(3)28;/h6-14,23H,4-5,15-18H2,1-3H3;1H. The zero-order valence-electron chi connectivity index (χ0n) is 18.1. The van der Waals surface area contributed by atoms with Crippen LogP contribution in [0.3, 0.4) is 0 Å². The first-order valence-electron chi connectivity index (χ1n) is 10.5. The second-order valence-corrected chi connectivity index (χ2v) is 7.45. The molecule has 5 nitrogen and oxygen atoms in total. The minimum atomic E-state index is 0. The lowest BCUT2D eigenvalue weighted by molar-refractivity contribution is -0.130. The average Bonchev–Trinajstić information content (AvgIpc) is 2.76. The summed E-state index contributed by atoms with van der Waals surface area (Å²) in [4.78, 5) is 30.5. The number of carbonyl (C=O) groups is 2. The average molecular weight is 430 g/mol. The molecule has 0 saturated carbocycles. The van der Waals surface area contributed by atoms with Crippen molar-refractivity contribution in [3.63, 3.8) is 0 Å². The molecule has 2 aromatic rings. The number of benzene rings is 2. The first-order chi connectivity index (χ1) is 14.0. The number of piperazine rings is 1. The molecule has 1 heterocycles. The predicted molar refractivity (Wildman–Crippen MR) is 123 cm³/mol. The van der Waals surface area contributed by atoms with Crippen LogP contribution < -0.4 is 0 Å². The van der Waals surface area contributed by atoms with Crippen LogP contribution in [-0.4, -0.2) is 65.8 Å². The number of hydrogen-bond acceptors (Lipinski definition) is 3. The molecule has 6 heteroatoms. The first kappa shape index (κ1) is 23.9. The van der Waals surface area contributed by atoms with Crippen LogP contribution in [0.5, 0.6) is 0 Å². The Labute approximate surface area is 186 Å². The third-order valence-electron chi connectivity index (χ3n) is 5.76. The molecule has 1 unspecified atom stereocenters. The monoisotopic (exact) mass is 429 g/mol. The Morgan fingerprint density at radius 1 is 0.867 bits per heavy atom. The highest BCUT2D eigenvalue weighted by Gasteiger charge is 2.27. The third kappa shape index (κ3) is 5.41. The van der Waals surface area contributed by atoms with E-state index in [1.54, 1.807) is 6.92 Å². The zero-order valence-corrected chi connectivity index (χ0v) is 18.9. The smallest absolute Gasteiger partial charge is 0.253 e. The number of rotatable bonds is 6. The van der Waals surface area contributed by atoms with E-state index >= 15 is 0 Å². The Kier molecular flexibility index (Phi) is 8.88. The molecule has 0 aromatic heterocycles. The van der Waals surface area contributed by atoms with E-state index in [-0.39, 0.29) is 30.3 Å². The van der Waals surface area contributed by atoms with Crippen LogP contribution in [0.15, 0.2) is 54.6 Å². The van der Waals surface area contributed by atoms with Gasteiger partial charge in [0.15, 0.2) is 0 Å². The molecular formula is C24H32ClN3O2. The van der Waals surface area contributed by atoms with E-state index in [4.69, 9.17) is 0 Å². The fourth-order valence-electron chi connectivity index (χ4n) is 4.05. The summed E-state index contributed by atoms with van der Waals surface area (Å²) in [6, 6.07) is 18.6. The number of nitrogens with zero attached hydrogens (tertiary/aromatic N) is 3. The van der Waals surface area contributed by atoms with Crippen molar-refractivity contribution in [2.24, 2.45) is 0 Å². The summed E-state index contributed by atoms with van der Waals surface area (Å²) in [5.41, 5.74) is 3.13. The van der Waals surface area contributed by atoms with Gasteiger partial charge < -0.3 is 9.80 Å². The highest BCUT2D eigenvalue weighted by atomic mass is 35.5. The number of amides is 2. The molecule has 0 N–H and O–H groups in total.